The standard InChI is InChI=1S/C13H11F3N2O/c1-18-10-5-4-8(11(19)13(14,15)16)6-9(10)17-12(18)7-2-3-7/h4-7H,2-3H2,1H3. The first-order valence-electron chi connectivity index (χ1n) is 5.96. The van der Waals surface area contributed by atoms with E-state index in [-0.39, 0.29) is 5.56 Å². The van der Waals surface area contributed by atoms with E-state index in [4.69, 9.17) is 0 Å². The zero-order chi connectivity index (χ0) is 13.8. The van der Waals surface area contributed by atoms with Crippen LogP contribution >= 0.6 is 0 Å². The van der Waals surface area contributed by atoms with E-state index in [1.807, 2.05) is 11.6 Å². The number of hydrogen-bond donors (Lipinski definition) is 0. The first kappa shape index (κ1) is 12.2. The summed E-state index contributed by atoms with van der Waals surface area (Å²) >= 11 is 0. The number of rotatable bonds is 2. The highest BCUT2D eigenvalue weighted by Crippen LogP contribution is 2.40. The van der Waals surface area contributed by atoms with Crippen molar-refractivity contribution in [1.29, 1.82) is 0 Å². The van der Waals surface area contributed by atoms with E-state index in [2.05, 4.69) is 4.98 Å². The van der Waals surface area contributed by atoms with Gasteiger partial charge in [0.2, 0.25) is 0 Å². The molecule has 1 heterocycles. The lowest BCUT2D eigenvalue weighted by molar-refractivity contribution is -0.0885. The van der Waals surface area contributed by atoms with E-state index < -0.39 is 12.0 Å². The molecule has 0 N–H and O–H groups in total. The third-order valence-electron chi connectivity index (χ3n) is 3.38. The van der Waals surface area contributed by atoms with Crippen LogP contribution in [-0.2, 0) is 7.05 Å². The molecule has 1 saturated carbocycles. The number of aromatic nitrogens is 2. The van der Waals surface area contributed by atoms with Gasteiger partial charge in [-0.25, -0.2) is 4.98 Å². The summed E-state index contributed by atoms with van der Waals surface area (Å²) in [7, 11) is 1.84. The molecule has 1 fully saturated rings. The molecule has 0 aliphatic heterocycles. The van der Waals surface area contributed by atoms with E-state index in [1.54, 1.807) is 0 Å². The Bertz CT molecular complexity index is 668. The number of nitrogens with zero attached hydrogens (tertiary/aromatic N) is 2. The van der Waals surface area contributed by atoms with Crippen LogP contribution in [0.2, 0.25) is 0 Å². The van der Waals surface area contributed by atoms with Crippen molar-refractivity contribution in [2.75, 3.05) is 0 Å². The second-order valence-corrected chi connectivity index (χ2v) is 4.83. The Morgan fingerprint density at radius 3 is 2.63 bits per heavy atom. The molecule has 0 radical (unpaired) electrons. The van der Waals surface area contributed by atoms with Gasteiger partial charge < -0.3 is 4.57 Å². The van der Waals surface area contributed by atoms with E-state index in [1.165, 1.54) is 18.2 Å². The van der Waals surface area contributed by atoms with Gasteiger partial charge in [0.15, 0.2) is 0 Å². The Labute approximate surface area is 107 Å². The highest BCUT2D eigenvalue weighted by molar-refractivity contribution is 6.02. The predicted molar refractivity (Wildman–Crippen MR) is 63.1 cm³/mol. The van der Waals surface area contributed by atoms with Crippen molar-refractivity contribution >= 4 is 16.8 Å². The minimum absolute atomic E-state index is 0.361. The molecule has 0 unspecified atom stereocenters. The monoisotopic (exact) mass is 268 g/mol. The summed E-state index contributed by atoms with van der Waals surface area (Å²) < 4.78 is 39.0. The van der Waals surface area contributed by atoms with E-state index >= 15 is 0 Å². The molecule has 2 aromatic rings. The fraction of sp³-hybridized carbons (Fsp3) is 0.385. The maximum absolute atomic E-state index is 12.4. The Morgan fingerprint density at radius 1 is 1.37 bits per heavy atom. The number of halogens is 3. The van der Waals surface area contributed by atoms with Crippen molar-refractivity contribution in [2.24, 2.45) is 7.05 Å². The minimum atomic E-state index is -4.85. The van der Waals surface area contributed by atoms with Gasteiger partial charge in [0, 0.05) is 18.5 Å². The third-order valence-corrected chi connectivity index (χ3v) is 3.38. The molecular formula is C13H11F3N2O. The van der Waals surface area contributed by atoms with Crippen molar-refractivity contribution in [3.8, 4) is 0 Å². The predicted octanol–water partition coefficient (Wildman–Crippen LogP) is 3.20. The molecule has 3 nitrogen and oxygen atoms in total. The number of carbonyl (C=O) groups excluding carboxylic acids is 1. The Kier molecular flexibility index (Phi) is 2.45. The van der Waals surface area contributed by atoms with Crippen molar-refractivity contribution in [2.45, 2.75) is 24.9 Å². The van der Waals surface area contributed by atoms with Crippen LogP contribution in [0.15, 0.2) is 18.2 Å². The zero-order valence-corrected chi connectivity index (χ0v) is 10.2. The van der Waals surface area contributed by atoms with Crippen LogP contribution in [-0.4, -0.2) is 21.5 Å². The van der Waals surface area contributed by atoms with E-state index in [9.17, 15) is 18.0 Å². The maximum Gasteiger partial charge on any atom is 0.454 e. The molecular weight excluding hydrogens is 257 g/mol. The normalized spacial score (nSPS) is 16.0. The maximum atomic E-state index is 12.4. The first-order chi connectivity index (χ1) is 8.88. The summed E-state index contributed by atoms with van der Waals surface area (Å²) in [6.45, 7) is 0. The van der Waals surface area contributed by atoms with Gasteiger partial charge in [0.05, 0.1) is 11.0 Å². The van der Waals surface area contributed by atoms with Crippen LogP contribution in [0.3, 0.4) is 0 Å². The largest absolute Gasteiger partial charge is 0.454 e. The minimum Gasteiger partial charge on any atom is -0.331 e. The molecule has 0 amide bonds. The van der Waals surface area contributed by atoms with Gasteiger partial charge in [-0.1, -0.05) is 0 Å². The fourth-order valence-corrected chi connectivity index (χ4v) is 2.23. The summed E-state index contributed by atoms with van der Waals surface area (Å²) in [6, 6.07) is 3.95. The first-order valence-corrected chi connectivity index (χ1v) is 5.96. The second kappa shape index (κ2) is 3.82. The lowest BCUT2D eigenvalue weighted by atomic mass is 10.1. The lowest BCUT2D eigenvalue weighted by Crippen LogP contribution is -2.22. The number of hydrogen-bond acceptors (Lipinski definition) is 2. The SMILES string of the molecule is Cn1c(C2CC2)nc2cc(C(=O)C(F)(F)F)ccc21. The summed E-state index contributed by atoms with van der Waals surface area (Å²) in [6.07, 6.45) is -2.72. The van der Waals surface area contributed by atoms with Crippen LogP contribution < -0.4 is 0 Å². The fourth-order valence-electron chi connectivity index (χ4n) is 2.23. The highest BCUT2D eigenvalue weighted by Gasteiger charge is 2.39. The summed E-state index contributed by atoms with van der Waals surface area (Å²) in [4.78, 5) is 15.5. The molecule has 100 valence electrons. The smallest absolute Gasteiger partial charge is 0.331 e. The Hall–Kier alpha value is -1.85. The summed E-state index contributed by atoms with van der Waals surface area (Å²) in [5.41, 5.74) is 0.834. The van der Waals surface area contributed by atoms with Crippen LogP contribution in [0.5, 0.6) is 0 Å². The van der Waals surface area contributed by atoms with Crippen LogP contribution in [0, 0.1) is 0 Å². The number of ketones is 1. The third kappa shape index (κ3) is 2.01. The van der Waals surface area contributed by atoms with Gasteiger partial charge in [0.1, 0.15) is 5.82 Å². The number of Topliss-reactive ketones (excluding diaryl/α,β-unsaturated/α-hetero) is 1. The number of fused-ring (bicyclic) bond motifs is 1. The highest BCUT2D eigenvalue weighted by atomic mass is 19.4. The molecule has 0 spiro atoms. The van der Waals surface area contributed by atoms with Crippen molar-refractivity contribution in [1.82, 2.24) is 9.55 Å². The second-order valence-electron chi connectivity index (χ2n) is 4.83. The van der Waals surface area contributed by atoms with Crippen molar-refractivity contribution in [3.05, 3.63) is 29.6 Å². The number of alkyl halides is 3. The quantitative estimate of drug-likeness (QED) is 0.784. The number of aryl methyl sites for hydroxylation is 1. The molecule has 1 aromatic carbocycles. The van der Waals surface area contributed by atoms with Crippen molar-refractivity contribution < 1.29 is 18.0 Å². The topological polar surface area (TPSA) is 34.9 Å². The van der Waals surface area contributed by atoms with Crippen LogP contribution in [0.25, 0.3) is 11.0 Å². The summed E-state index contributed by atoms with van der Waals surface area (Å²) in [5, 5.41) is 0. The summed E-state index contributed by atoms with van der Waals surface area (Å²) in [5.74, 6) is -0.543. The van der Waals surface area contributed by atoms with Gasteiger partial charge in [-0.2, -0.15) is 13.2 Å². The van der Waals surface area contributed by atoms with E-state index in [0.29, 0.717) is 11.4 Å². The number of benzene rings is 1. The zero-order valence-electron chi connectivity index (χ0n) is 10.2. The molecule has 1 aliphatic rings. The average Bonchev–Trinajstić information content (AvgIpc) is 3.13. The van der Waals surface area contributed by atoms with Gasteiger partial charge in [-0.15, -0.1) is 0 Å². The van der Waals surface area contributed by atoms with Crippen molar-refractivity contribution in [3.63, 3.8) is 0 Å². The molecule has 6 heteroatoms. The Balaban J connectivity index is 2.08. The Morgan fingerprint density at radius 2 is 2.05 bits per heavy atom. The number of carbonyl (C=O) groups is 1. The number of imidazole rings is 1. The lowest BCUT2D eigenvalue weighted by Gasteiger charge is -2.05. The van der Waals surface area contributed by atoms with Gasteiger partial charge in [-0.05, 0) is 31.0 Å². The molecule has 1 aliphatic carbocycles. The molecule has 3 rings (SSSR count). The molecule has 1 aromatic heterocycles. The van der Waals surface area contributed by atoms with E-state index in [0.717, 1.165) is 24.2 Å². The molecule has 0 atom stereocenters. The van der Waals surface area contributed by atoms with Crippen LogP contribution in [0.1, 0.15) is 34.9 Å². The van der Waals surface area contributed by atoms with Gasteiger partial charge in [0.25, 0.3) is 5.78 Å². The molecule has 19 heavy (non-hydrogen) atoms. The van der Waals surface area contributed by atoms with Crippen LogP contribution in [0.4, 0.5) is 13.2 Å². The molecule has 0 bridgehead atoms. The molecule has 0 saturated heterocycles. The average molecular weight is 268 g/mol. The van der Waals surface area contributed by atoms with Gasteiger partial charge >= 0.3 is 6.18 Å². The van der Waals surface area contributed by atoms with Gasteiger partial charge in [-0.3, -0.25) is 4.79 Å².